The Balaban J connectivity index is 1.42. The molecule has 0 radical (unpaired) electrons. The van der Waals surface area contributed by atoms with Crippen LogP contribution in [0.4, 0.5) is 17.5 Å². The number of rotatable bonds is 3. The third-order valence-electron chi connectivity index (χ3n) is 5.86. The number of halogens is 1. The fraction of sp³-hybridized carbons (Fsp3) is 0.227. The number of aromatic nitrogens is 3. The number of pyridine rings is 1. The SMILES string of the molecule is Nc1nc2cc(/C=C/C3=CC(N4CCc5c(N)ncnc54)[C@H](O)[C@@H]3O)ccc2cc1Br. The van der Waals surface area contributed by atoms with Gasteiger partial charge in [0.15, 0.2) is 0 Å². The first-order chi connectivity index (χ1) is 14.9. The van der Waals surface area contributed by atoms with E-state index >= 15 is 0 Å². The number of nitrogens with two attached hydrogens (primary N) is 2. The summed E-state index contributed by atoms with van der Waals surface area (Å²) in [6.07, 6.45) is 5.78. The molecule has 0 amide bonds. The van der Waals surface area contributed by atoms with E-state index in [0.29, 0.717) is 30.2 Å². The van der Waals surface area contributed by atoms with Gasteiger partial charge in [0, 0.05) is 17.5 Å². The van der Waals surface area contributed by atoms with Gasteiger partial charge >= 0.3 is 0 Å². The van der Waals surface area contributed by atoms with E-state index in [2.05, 4.69) is 30.9 Å². The minimum atomic E-state index is -0.991. The second-order valence-corrected chi connectivity index (χ2v) is 8.59. The third kappa shape index (κ3) is 3.44. The van der Waals surface area contributed by atoms with Gasteiger partial charge in [-0.3, -0.25) is 0 Å². The smallest absolute Gasteiger partial charge is 0.138 e. The zero-order valence-corrected chi connectivity index (χ0v) is 18.1. The molecule has 0 bridgehead atoms. The van der Waals surface area contributed by atoms with Crippen LogP contribution in [0.25, 0.3) is 17.0 Å². The number of hydrogen-bond donors (Lipinski definition) is 4. The van der Waals surface area contributed by atoms with Gasteiger partial charge in [-0.1, -0.05) is 30.4 Å². The van der Waals surface area contributed by atoms with Crippen LogP contribution in [-0.2, 0) is 6.42 Å². The molecule has 8 nitrogen and oxygen atoms in total. The van der Waals surface area contributed by atoms with Crippen molar-refractivity contribution in [2.75, 3.05) is 22.9 Å². The van der Waals surface area contributed by atoms with Crippen molar-refractivity contribution in [3.8, 4) is 0 Å². The molecule has 2 aliphatic rings. The molecule has 0 saturated heterocycles. The van der Waals surface area contributed by atoms with Crippen LogP contribution in [0, 0.1) is 0 Å². The van der Waals surface area contributed by atoms with Crippen LogP contribution >= 0.6 is 15.9 Å². The highest BCUT2D eigenvalue weighted by atomic mass is 79.9. The van der Waals surface area contributed by atoms with E-state index in [9.17, 15) is 10.2 Å². The summed E-state index contributed by atoms with van der Waals surface area (Å²) in [5.41, 5.74) is 15.1. The molecule has 6 N–H and O–H groups in total. The number of hydrogen-bond acceptors (Lipinski definition) is 8. The Morgan fingerprint density at radius 1 is 1.10 bits per heavy atom. The third-order valence-corrected chi connectivity index (χ3v) is 6.49. The second-order valence-electron chi connectivity index (χ2n) is 7.74. The normalized spacial score (nSPS) is 23.0. The van der Waals surface area contributed by atoms with Crippen molar-refractivity contribution in [1.82, 2.24) is 15.0 Å². The molecule has 1 unspecified atom stereocenters. The monoisotopic (exact) mass is 480 g/mol. The van der Waals surface area contributed by atoms with Gasteiger partial charge in [0.05, 0.1) is 16.0 Å². The number of aliphatic hydroxyl groups excluding tert-OH is 2. The molecule has 1 aromatic carbocycles. The highest BCUT2D eigenvalue weighted by Gasteiger charge is 2.40. The summed E-state index contributed by atoms with van der Waals surface area (Å²) in [4.78, 5) is 14.8. The maximum Gasteiger partial charge on any atom is 0.138 e. The number of benzene rings is 1. The summed E-state index contributed by atoms with van der Waals surface area (Å²) in [7, 11) is 0. The van der Waals surface area contributed by atoms with Gasteiger partial charge < -0.3 is 26.6 Å². The van der Waals surface area contributed by atoms with Crippen LogP contribution < -0.4 is 16.4 Å². The van der Waals surface area contributed by atoms with Crippen molar-refractivity contribution < 1.29 is 10.2 Å². The lowest BCUT2D eigenvalue weighted by molar-refractivity contribution is 0.0466. The maximum absolute atomic E-state index is 10.7. The molecular formula is C22H21BrN6O2. The fourth-order valence-electron chi connectivity index (χ4n) is 4.21. The first kappa shape index (κ1) is 19.9. The number of nitrogen functional groups attached to an aromatic ring is 2. The van der Waals surface area contributed by atoms with Gasteiger partial charge in [0.25, 0.3) is 0 Å². The van der Waals surface area contributed by atoms with Crippen molar-refractivity contribution in [2.24, 2.45) is 0 Å². The summed E-state index contributed by atoms with van der Waals surface area (Å²) < 4.78 is 0.762. The Morgan fingerprint density at radius 3 is 2.77 bits per heavy atom. The highest BCUT2D eigenvalue weighted by molar-refractivity contribution is 9.10. The van der Waals surface area contributed by atoms with Crippen molar-refractivity contribution in [1.29, 1.82) is 0 Å². The van der Waals surface area contributed by atoms with E-state index in [1.165, 1.54) is 6.33 Å². The summed E-state index contributed by atoms with van der Waals surface area (Å²) in [5.74, 6) is 1.61. The van der Waals surface area contributed by atoms with Crippen LogP contribution in [0.5, 0.6) is 0 Å². The molecule has 158 valence electrons. The van der Waals surface area contributed by atoms with E-state index in [-0.39, 0.29) is 6.04 Å². The van der Waals surface area contributed by atoms with Crippen LogP contribution in [0.3, 0.4) is 0 Å². The van der Waals surface area contributed by atoms with Crippen molar-refractivity contribution in [3.05, 3.63) is 63.9 Å². The van der Waals surface area contributed by atoms with E-state index in [1.54, 1.807) is 0 Å². The zero-order chi connectivity index (χ0) is 21.7. The molecule has 0 spiro atoms. The first-order valence-electron chi connectivity index (χ1n) is 9.90. The van der Waals surface area contributed by atoms with Gasteiger partial charge in [-0.15, -0.1) is 0 Å². The first-order valence-corrected chi connectivity index (χ1v) is 10.7. The lowest BCUT2D eigenvalue weighted by Gasteiger charge is -2.28. The number of fused-ring (bicyclic) bond motifs is 2. The van der Waals surface area contributed by atoms with E-state index in [0.717, 1.165) is 32.3 Å². The molecule has 0 fully saturated rings. The number of nitrogens with zero attached hydrogens (tertiary/aromatic N) is 4. The molecule has 2 aromatic heterocycles. The van der Waals surface area contributed by atoms with Crippen LogP contribution in [0.2, 0.25) is 0 Å². The average molecular weight is 481 g/mol. The summed E-state index contributed by atoms with van der Waals surface area (Å²) in [5, 5.41) is 22.3. The van der Waals surface area contributed by atoms with Gasteiger partial charge in [0.1, 0.15) is 36.0 Å². The largest absolute Gasteiger partial charge is 0.388 e. The van der Waals surface area contributed by atoms with Gasteiger partial charge in [-0.25, -0.2) is 15.0 Å². The molecule has 0 saturated carbocycles. The van der Waals surface area contributed by atoms with Crippen molar-refractivity contribution in [2.45, 2.75) is 24.7 Å². The lowest BCUT2D eigenvalue weighted by atomic mass is 10.1. The zero-order valence-electron chi connectivity index (χ0n) is 16.5. The Morgan fingerprint density at radius 2 is 1.94 bits per heavy atom. The van der Waals surface area contributed by atoms with Gasteiger partial charge in [-0.05, 0) is 45.6 Å². The summed E-state index contributed by atoms with van der Waals surface area (Å²) in [6.45, 7) is 0.660. The molecule has 3 heterocycles. The molecular weight excluding hydrogens is 460 g/mol. The van der Waals surface area contributed by atoms with Crippen molar-refractivity contribution >= 4 is 50.4 Å². The predicted molar refractivity (Wildman–Crippen MR) is 124 cm³/mol. The summed E-state index contributed by atoms with van der Waals surface area (Å²) in [6, 6.07) is 7.41. The minimum Gasteiger partial charge on any atom is -0.388 e. The van der Waals surface area contributed by atoms with Crippen LogP contribution in [0.15, 0.2) is 52.8 Å². The van der Waals surface area contributed by atoms with E-state index in [1.807, 2.05) is 47.4 Å². The Labute approximate surface area is 187 Å². The number of aliphatic hydroxyl groups is 2. The van der Waals surface area contributed by atoms with Gasteiger partial charge in [-0.2, -0.15) is 0 Å². The predicted octanol–water partition coefficient (Wildman–Crippen LogP) is 2.06. The fourth-order valence-corrected chi connectivity index (χ4v) is 4.54. The van der Waals surface area contributed by atoms with Crippen molar-refractivity contribution in [3.63, 3.8) is 0 Å². The van der Waals surface area contributed by atoms with E-state index in [4.69, 9.17) is 11.5 Å². The molecule has 5 rings (SSSR count). The number of anilines is 3. The Bertz CT molecular complexity index is 1240. The Hall–Kier alpha value is -3.01. The van der Waals surface area contributed by atoms with E-state index < -0.39 is 12.2 Å². The van der Waals surface area contributed by atoms with Crippen LogP contribution in [0.1, 0.15) is 11.1 Å². The highest BCUT2D eigenvalue weighted by Crippen LogP contribution is 2.35. The molecule has 3 atom stereocenters. The molecule has 3 aromatic rings. The van der Waals surface area contributed by atoms with Gasteiger partial charge in [0.2, 0.25) is 0 Å². The molecule has 1 aliphatic heterocycles. The molecule has 1 aliphatic carbocycles. The topological polar surface area (TPSA) is 134 Å². The maximum atomic E-state index is 10.7. The lowest BCUT2D eigenvalue weighted by Crippen LogP contribution is -2.43. The Kier molecular flexibility index (Phi) is 4.88. The molecule has 31 heavy (non-hydrogen) atoms. The minimum absolute atomic E-state index is 0.388. The van der Waals surface area contributed by atoms with Crippen LogP contribution in [-0.4, -0.2) is 50.0 Å². The standard InChI is InChI=1S/C22H21BrN6O2/c23-15-8-12-3-1-11(7-16(12)28-21(15)25)2-4-13-9-17(19(31)18(13)30)29-6-5-14-20(24)26-10-27-22(14)29/h1-4,7-10,17-19,30-31H,5-6H2,(H2,25,28)(H2,24,26,27)/b4-2+/t17?,18-,19+/m1/s1. The summed E-state index contributed by atoms with van der Waals surface area (Å²) >= 11 is 3.39. The second kappa shape index (κ2) is 7.60. The quantitative estimate of drug-likeness (QED) is 0.447. The molecule has 9 heteroatoms. The average Bonchev–Trinajstić information content (AvgIpc) is 3.30.